The van der Waals surface area contributed by atoms with Crippen LogP contribution in [0.4, 0.5) is 11.5 Å². The number of hydrogen-bond donors (Lipinski definition) is 3. The smallest absolute Gasteiger partial charge is 0.252 e. The molecule has 1 aliphatic rings. The average Bonchev–Trinajstić information content (AvgIpc) is 3.57. The second-order valence-electron chi connectivity index (χ2n) is 9.14. The number of carbonyl (C=O) groups excluding carboxylic acids is 1. The van der Waals surface area contributed by atoms with Crippen LogP contribution in [0.3, 0.4) is 0 Å². The van der Waals surface area contributed by atoms with Crippen molar-refractivity contribution in [2.75, 3.05) is 23.3 Å². The molecule has 4 N–H and O–H groups in total. The number of nitrogens with zero attached hydrogens (tertiary/aromatic N) is 8. The van der Waals surface area contributed by atoms with Crippen molar-refractivity contribution in [2.45, 2.75) is 32.5 Å². The fourth-order valence-electron chi connectivity index (χ4n) is 4.44. The maximum absolute atomic E-state index is 12.3. The maximum Gasteiger partial charge on any atom is 0.252 e. The van der Waals surface area contributed by atoms with E-state index in [1.54, 1.807) is 47.0 Å². The van der Waals surface area contributed by atoms with Crippen molar-refractivity contribution in [1.29, 1.82) is 5.26 Å². The predicted octanol–water partition coefficient (Wildman–Crippen LogP) is 1.28. The molecule has 0 bridgehead atoms. The van der Waals surface area contributed by atoms with Gasteiger partial charge < -0.3 is 21.1 Å². The van der Waals surface area contributed by atoms with E-state index in [4.69, 9.17) is 16.0 Å². The summed E-state index contributed by atoms with van der Waals surface area (Å²) in [4.78, 5) is 23.6. The highest BCUT2D eigenvalue weighted by atomic mass is 16.3. The number of nitrogens with one attached hydrogen (secondary N) is 1. The normalized spacial score (nSPS) is 18.3. The molecule has 0 saturated carbocycles. The summed E-state index contributed by atoms with van der Waals surface area (Å²) in [6.45, 7) is 5.59. The Morgan fingerprint density at radius 3 is 2.81 bits per heavy atom. The molecule has 184 valence electrons. The van der Waals surface area contributed by atoms with Crippen molar-refractivity contribution < 1.29 is 9.90 Å². The molecule has 5 heterocycles. The molecule has 1 amide bonds. The number of imidazole rings is 1. The van der Waals surface area contributed by atoms with Gasteiger partial charge >= 0.3 is 0 Å². The highest BCUT2D eigenvalue weighted by molar-refractivity contribution is 6.01. The number of aliphatic hydroxyl groups is 1. The first-order chi connectivity index (χ1) is 17.3. The van der Waals surface area contributed by atoms with Crippen LogP contribution < -0.4 is 16.0 Å². The first-order valence-electron chi connectivity index (χ1n) is 11.6. The van der Waals surface area contributed by atoms with Crippen LogP contribution in [0.25, 0.3) is 16.9 Å². The van der Waals surface area contributed by atoms with Gasteiger partial charge in [-0.2, -0.15) is 15.5 Å². The molecule has 4 aromatic rings. The lowest BCUT2D eigenvalue weighted by atomic mass is 10.1. The number of carbonyl (C=O) groups is 1. The molecule has 1 aliphatic heterocycles. The van der Waals surface area contributed by atoms with Gasteiger partial charge in [-0.05, 0) is 25.0 Å². The molecule has 12 nitrogen and oxygen atoms in total. The van der Waals surface area contributed by atoms with Crippen LogP contribution in [-0.4, -0.2) is 65.6 Å². The molecule has 0 aliphatic carbocycles. The second-order valence-corrected chi connectivity index (χ2v) is 9.14. The number of aliphatic hydroxyl groups excluding tert-OH is 1. The van der Waals surface area contributed by atoms with Gasteiger partial charge in [0.2, 0.25) is 0 Å². The Morgan fingerprint density at radius 1 is 1.28 bits per heavy atom. The fourth-order valence-corrected chi connectivity index (χ4v) is 4.44. The Kier molecular flexibility index (Phi) is 5.99. The zero-order chi connectivity index (χ0) is 25.4. The van der Waals surface area contributed by atoms with Crippen molar-refractivity contribution in [3.05, 3.63) is 54.2 Å². The van der Waals surface area contributed by atoms with Gasteiger partial charge in [0.05, 0.1) is 53.7 Å². The number of pyridine rings is 1. The minimum atomic E-state index is -0.599. The maximum atomic E-state index is 12.3. The minimum absolute atomic E-state index is 0.0133. The zero-order valence-electron chi connectivity index (χ0n) is 19.9. The van der Waals surface area contributed by atoms with Crippen molar-refractivity contribution in [3.8, 4) is 17.3 Å². The van der Waals surface area contributed by atoms with Crippen molar-refractivity contribution in [3.63, 3.8) is 0 Å². The largest absolute Gasteiger partial charge is 0.391 e. The SMILES string of the molecule is CC(O)Cn1cc(-c2cn3ncc(C(N)=O)c(N[C@@H]4CN(c5ccc(C#N)cn5)C[C@@H]4C)c3n2)cn1. The van der Waals surface area contributed by atoms with E-state index in [9.17, 15) is 9.90 Å². The Hall–Kier alpha value is -4.50. The van der Waals surface area contributed by atoms with Gasteiger partial charge in [-0.3, -0.25) is 9.48 Å². The summed E-state index contributed by atoms with van der Waals surface area (Å²) in [5.74, 6) is 0.417. The van der Waals surface area contributed by atoms with E-state index >= 15 is 0 Å². The topological polar surface area (TPSA) is 163 Å². The summed E-state index contributed by atoms with van der Waals surface area (Å²) in [6, 6.07) is 5.66. The Bertz CT molecular complexity index is 1450. The number of rotatable bonds is 7. The van der Waals surface area contributed by atoms with Crippen LogP contribution in [0.2, 0.25) is 0 Å². The van der Waals surface area contributed by atoms with Crippen molar-refractivity contribution in [2.24, 2.45) is 11.7 Å². The van der Waals surface area contributed by atoms with E-state index in [0.717, 1.165) is 17.9 Å². The average molecular weight is 487 g/mol. The van der Waals surface area contributed by atoms with Crippen molar-refractivity contribution in [1.82, 2.24) is 29.4 Å². The van der Waals surface area contributed by atoms with E-state index < -0.39 is 12.0 Å². The van der Waals surface area contributed by atoms with Crippen molar-refractivity contribution >= 4 is 23.1 Å². The van der Waals surface area contributed by atoms with Gasteiger partial charge in [-0.1, -0.05) is 6.92 Å². The Labute approximate surface area is 207 Å². The number of hydrogen-bond acceptors (Lipinski definition) is 9. The standard InChI is InChI=1S/C24H26N10O2/c1-14-9-32(21-4-3-16(5-25)6-27-21)12-19(14)30-22-18(23(26)36)8-29-34-13-20(31-24(22)34)17-7-28-33(11-17)10-15(2)35/h3-4,6-8,11,13-15,19,30,35H,9-10,12H2,1-2H3,(H2,26,36)/t14-,15?,19+/m0/s1. The first-order valence-corrected chi connectivity index (χ1v) is 11.6. The number of fused-ring (bicyclic) bond motifs is 1. The lowest BCUT2D eigenvalue weighted by Crippen LogP contribution is -2.30. The predicted molar refractivity (Wildman–Crippen MR) is 132 cm³/mol. The van der Waals surface area contributed by atoms with E-state index in [2.05, 4.69) is 38.4 Å². The molecular weight excluding hydrogens is 460 g/mol. The summed E-state index contributed by atoms with van der Waals surface area (Å²) in [5.41, 5.74) is 8.85. The van der Waals surface area contributed by atoms with Gasteiger partial charge in [-0.15, -0.1) is 0 Å². The van der Waals surface area contributed by atoms with Crippen LogP contribution in [0.1, 0.15) is 29.8 Å². The molecule has 0 aromatic carbocycles. The van der Waals surface area contributed by atoms with Gasteiger partial charge in [0.1, 0.15) is 11.9 Å². The van der Waals surface area contributed by atoms with E-state index in [1.165, 1.54) is 6.20 Å². The van der Waals surface area contributed by atoms with Gasteiger partial charge in [0.25, 0.3) is 5.91 Å². The summed E-state index contributed by atoms with van der Waals surface area (Å²) < 4.78 is 3.26. The Morgan fingerprint density at radius 2 is 2.11 bits per heavy atom. The molecule has 0 radical (unpaired) electrons. The van der Waals surface area contributed by atoms with Gasteiger partial charge in [-0.25, -0.2) is 14.5 Å². The molecule has 1 saturated heterocycles. The van der Waals surface area contributed by atoms with Crippen LogP contribution >= 0.6 is 0 Å². The molecule has 36 heavy (non-hydrogen) atoms. The number of nitriles is 1. The van der Waals surface area contributed by atoms with Gasteiger partial charge in [0, 0.05) is 37.1 Å². The summed E-state index contributed by atoms with van der Waals surface area (Å²) in [7, 11) is 0. The fraction of sp³-hybridized carbons (Fsp3) is 0.333. The van der Waals surface area contributed by atoms with E-state index in [0.29, 0.717) is 35.7 Å². The van der Waals surface area contributed by atoms with Crippen LogP contribution in [0.5, 0.6) is 0 Å². The monoisotopic (exact) mass is 486 g/mol. The highest BCUT2D eigenvalue weighted by Crippen LogP contribution is 2.30. The number of anilines is 2. The number of primary amides is 1. The third-order valence-corrected chi connectivity index (χ3v) is 6.28. The molecule has 5 rings (SSSR count). The van der Waals surface area contributed by atoms with E-state index in [-0.39, 0.29) is 17.5 Å². The second kappa shape index (κ2) is 9.27. The summed E-state index contributed by atoms with van der Waals surface area (Å²) in [6.07, 6.45) is 7.72. The molecule has 1 unspecified atom stereocenters. The van der Waals surface area contributed by atoms with Gasteiger partial charge in [0.15, 0.2) is 5.65 Å². The van der Waals surface area contributed by atoms with Crippen LogP contribution in [0, 0.1) is 17.2 Å². The Balaban J connectivity index is 1.45. The quantitative estimate of drug-likeness (QED) is 0.349. The van der Waals surface area contributed by atoms with Crippen LogP contribution in [-0.2, 0) is 6.54 Å². The lowest BCUT2D eigenvalue weighted by Gasteiger charge is -2.20. The molecule has 4 aromatic heterocycles. The molecule has 3 atom stereocenters. The highest BCUT2D eigenvalue weighted by Gasteiger charge is 2.32. The third-order valence-electron chi connectivity index (χ3n) is 6.28. The molecule has 1 fully saturated rings. The summed E-state index contributed by atoms with van der Waals surface area (Å²) >= 11 is 0. The summed E-state index contributed by atoms with van der Waals surface area (Å²) in [5, 5.41) is 30.8. The van der Waals surface area contributed by atoms with Crippen LogP contribution in [0.15, 0.2) is 43.1 Å². The number of amides is 1. The number of aromatic nitrogens is 6. The molecule has 0 spiro atoms. The lowest BCUT2D eigenvalue weighted by molar-refractivity contribution is 0.100. The minimum Gasteiger partial charge on any atom is -0.391 e. The number of nitrogens with two attached hydrogens (primary N) is 1. The van der Waals surface area contributed by atoms with E-state index in [1.807, 2.05) is 6.07 Å². The third kappa shape index (κ3) is 4.44. The molecular formula is C24H26N10O2. The molecule has 12 heteroatoms. The zero-order valence-corrected chi connectivity index (χ0v) is 19.9. The first kappa shape index (κ1) is 23.3.